The van der Waals surface area contributed by atoms with Gasteiger partial charge in [-0.25, -0.2) is 13.6 Å². The topological polar surface area (TPSA) is 73.1 Å². The van der Waals surface area contributed by atoms with Gasteiger partial charge in [0.2, 0.25) is 5.91 Å². The van der Waals surface area contributed by atoms with Crippen molar-refractivity contribution in [1.82, 2.24) is 9.13 Å². The lowest BCUT2D eigenvalue weighted by molar-refractivity contribution is -0.116. The van der Waals surface area contributed by atoms with E-state index in [1.807, 2.05) is 17.5 Å². The van der Waals surface area contributed by atoms with Crippen molar-refractivity contribution in [3.63, 3.8) is 0 Å². The molecule has 0 aliphatic carbocycles. The smallest absolute Gasteiger partial charge is 0.322 e. The molecule has 4 rings (SSSR count). The summed E-state index contributed by atoms with van der Waals surface area (Å²) < 4.78 is 29.5. The molecule has 31 heavy (non-hydrogen) atoms. The lowest BCUT2D eigenvalue weighted by Crippen LogP contribution is -2.42. The first-order chi connectivity index (χ1) is 14.9. The Morgan fingerprint density at radius 2 is 1.81 bits per heavy atom. The minimum absolute atomic E-state index is 0.156. The second-order valence-electron chi connectivity index (χ2n) is 6.84. The zero-order chi connectivity index (χ0) is 22.0. The quantitative estimate of drug-likeness (QED) is 0.499. The number of benzene rings is 2. The Balaban J connectivity index is 1.70. The van der Waals surface area contributed by atoms with Gasteiger partial charge < -0.3 is 5.32 Å². The first-order valence-electron chi connectivity index (χ1n) is 9.43. The molecule has 9 heteroatoms. The molecule has 2 heterocycles. The number of nitrogens with zero attached hydrogens (tertiary/aromatic N) is 2. The van der Waals surface area contributed by atoms with E-state index in [0.29, 0.717) is 11.9 Å². The molecule has 2 aromatic heterocycles. The van der Waals surface area contributed by atoms with Gasteiger partial charge in [-0.3, -0.25) is 18.7 Å². The van der Waals surface area contributed by atoms with Crippen LogP contribution in [-0.4, -0.2) is 15.0 Å². The fraction of sp³-hybridized carbons (Fsp3) is 0.136. The Morgan fingerprint density at radius 3 is 2.58 bits per heavy atom. The number of thiophene rings is 1. The molecule has 1 N–H and O–H groups in total. The minimum Gasteiger partial charge on any atom is -0.322 e. The highest BCUT2D eigenvalue weighted by Gasteiger charge is 2.16. The van der Waals surface area contributed by atoms with Crippen molar-refractivity contribution >= 4 is 33.8 Å². The number of nitrogens with one attached hydrogen (secondary N) is 1. The SMILES string of the molecule is O=C(Cn1c(=O)n(CCc2cccs2)c(=O)c2ccccc21)Nc1cc(F)ccc1F. The number of amides is 1. The Morgan fingerprint density at radius 1 is 1.00 bits per heavy atom. The molecular formula is C22H17F2N3O3S. The maximum atomic E-state index is 13.9. The summed E-state index contributed by atoms with van der Waals surface area (Å²) in [6.45, 7) is -0.308. The van der Waals surface area contributed by atoms with Crippen LogP contribution in [0.2, 0.25) is 0 Å². The monoisotopic (exact) mass is 441 g/mol. The number of hydrogen-bond acceptors (Lipinski definition) is 4. The van der Waals surface area contributed by atoms with Crippen LogP contribution in [0.5, 0.6) is 0 Å². The van der Waals surface area contributed by atoms with Gasteiger partial charge in [0.1, 0.15) is 18.2 Å². The van der Waals surface area contributed by atoms with E-state index < -0.39 is 35.3 Å². The Bertz CT molecular complexity index is 1380. The fourth-order valence-electron chi connectivity index (χ4n) is 3.32. The third-order valence-corrected chi connectivity index (χ3v) is 5.73. The number of para-hydroxylation sites is 1. The van der Waals surface area contributed by atoms with Crippen LogP contribution in [0.3, 0.4) is 0 Å². The van der Waals surface area contributed by atoms with Crippen LogP contribution >= 0.6 is 11.3 Å². The van der Waals surface area contributed by atoms with Crippen molar-refractivity contribution in [3.05, 3.63) is 97.3 Å². The highest BCUT2D eigenvalue weighted by atomic mass is 32.1. The molecule has 0 aliphatic heterocycles. The van der Waals surface area contributed by atoms with E-state index >= 15 is 0 Å². The van der Waals surface area contributed by atoms with Gasteiger partial charge in [0, 0.05) is 17.5 Å². The maximum absolute atomic E-state index is 13.9. The summed E-state index contributed by atoms with van der Waals surface area (Å²) in [5.74, 6) is -2.23. The number of aromatic nitrogens is 2. The van der Waals surface area contributed by atoms with Crippen molar-refractivity contribution in [2.45, 2.75) is 19.5 Å². The van der Waals surface area contributed by atoms with Gasteiger partial charge in [0.05, 0.1) is 16.6 Å². The fourth-order valence-corrected chi connectivity index (χ4v) is 4.02. The summed E-state index contributed by atoms with van der Waals surface area (Å²) in [5.41, 5.74) is -1.12. The van der Waals surface area contributed by atoms with E-state index in [2.05, 4.69) is 5.32 Å². The molecule has 1 amide bonds. The lowest BCUT2D eigenvalue weighted by atomic mass is 10.2. The van der Waals surface area contributed by atoms with Gasteiger partial charge >= 0.3 is 5.69 Å². The molecule has 0 unspecified atom stereocenters. The van der Waals surface area contributed by atoms with Gasteiger partial charge in [-0.1, -0.05) is 18.2 Å². The predicted molar refractivity (Wildman–Crippen MR) is 115 cm³/mol. The molecule has 0 bridgehead atoms. The second-order valence-corrected chi connectivity index (χ2v) is 7.88. The molecule has 0 aliphatic rings. The summed E-state index contributed by atoms with van der Waals surface area (Å²) in [7, 11) is 0. The van der Waals surface area contributed by atoms with E-state index in [1.165, 1.54) is 11.3 Å². The highest BCUT2D eigenvalue weighted by molar-refractivity contribution is 7.09. The van der Waals surface area contributed by atoms with Crippen LogP contribution in [-0.2, 0) is 24.3 Å². The molecule has 0 fully saturated rings. The third kappa shape index (κ3) is 4.31. The summed E-state index contributed by atoms with van der Waals surface area (Å²) in [6, 6.07) is 13.0. The second kappa shape index (κ2) is 8.65. The molecule has 0 atom stereocenters. The van der Waals surface area contributed by atoms with Gasteiger partial charge in [-0.2, -0.15) is 0 Å². The van der Waals surface area contributed by atoms with E-state index in [4.69, 9.17) is 0 Å². The number of carbonyl (C=O) groups excluding carboxylic acids is 1. The number of fused-ring (bicyclic) bond motifs is 1. The first-order valence-corrected chi connectivity index (χ1v) is 10.3. The molecule has 0 saturated carbocycles. The van der Waals surface area contributed by atoms with Crippen LogP contribution in [0.4, 0.5) is 14.5 Å². The highest BCUT2D eigenvalue weighted by Crippen LogP contribution is 2.16. The molecule has 2 aromatic carbocycles. The van der Waals surface area contributed by atoms with Crippen LogP contribution in [0.25, 0.3) is 10.9 Å². The predicted octanol–water partition coefficient (Wildman–Crippen LogP) is 3.38. The Kier molecular flexibility index (Phi) is 5.77. The number of hydrogen-bond donors (Lipinski definition) is 1. The van der Waals surface area contributed by atoms with E-state index in [0.717, 1.165) is 32.2 Å². The summed E-state index contributed by atoms with van der Waals surface area (Å²) in [5, 5.41) is 4.48. The average Bonchev–Trinajstić information content (AvgIpc) is 3.27. The van der Waals surface area contributed by atoms with Crippen LogP contribution in [0.15, 0.2) is 69.6 Å². The van der Waals surface area contributed by atoms with E-state index in [1.54, 1.807) is 24.3 Å². The van der Waals surface area contributed by atoms with Crippen molar-refractivity contribution < 1.29 is 13.6 Å². The standard InChI is InChI=1S/C22H17F2N3O3S/c23-14-7-8-17(24)18(12-14)25-20(28)13-27-19-6-2-1-5-16(19)21(29)26(22(27)30)10-9-15-4-3-11-31-15/h1-8,11-12H,9-10,13H2,(H,25,28). The zero-order valence-corrected chi connectivity index (χ0v) is 17.0. The molecule has 0 spiro atoms. The van der Waals surface area contributed by atoms with Crippen LogP contribution in [0, 0.1) is 11.6 Å². The molecule has 0 radical (unpaired) electrons. The lowest BCUT2D eigenvalue weighted by Gasteiger charge is -2.14. The number of halogens is 2. The van der Waals surface area contributed by atoms with Crippen molar-refractivity contribution in [3.8, 4) is 0 Å². The van der Waals surface area contributed by atoms with Gasteiger partial charge in [-0.15, -0.1) is 11.3 Å². The number of rotatable bonds is 6. The largest absolute Gasteiger partial charge is 0.331 e. The molecule has 6 nitrogen and oxygen atoms in total. The van der Waals surface area contributed by atoms with Gasteiger partial charge in [0.15, 0.2) is 0 Å². The summed E-state index contributed by atoms with van der Waals surface area (Å²) in [4.78, 5) is 39.5. The normalized spacial score (nSPS) is 11.0. The number of carbonyl (C=O) groups is 1. The third-order valence-electron chi connectivity index (χ3n) is 4.80. The Labute approximate surface area is 179 Å². The molecular weight excluding hydrogens is 424 g/mol. The van der Waals surface area contributed by atoms with Crippen molar-refractivity contribution in [1.29, 1.82) is 0 Å². The zero-order valence-electron chi connectivity index (χ0n) is 16.2. The summed E-state index contributed by atoms with van der Waals surface area (Å²) in [6.07, 6.45) is 0.492. The van der Waals surface area contributed by atoms with Crippen LogP contribution < -0.4 is 16.6 Å². The van der Waals surface area contributed by atoms with E-state index in [9.17, 15) is 23.2 Å². The maximum Gasteiger partial charge on any atom is 0.331 e. The first kappa shape index (κ1) is 20.7. The molecule has 158 valence electrons. The van der Waals surface area contributed by atoms with Gasteiger partial charge in [-0.05, 0) is 42.1 Å². The molecule has 4 aromatic rings. The van der Waals surface area contributed by atoms with Crippen molar-refractivity contribution in [2.24, 2.45) is 0 Å². The van der Waals surface area contributed by atoms with Crippen molar-refractivity contribution in [2.75, 3.05) is 5.32 Å². The summed E-state index contributed by atoms with van der Waals surface area (Å²) >= 11 is 1.52. The average molecular weight is 441 g/mol. The van der Waals surface area contributed by atoms with Gasteiger partial charge in [0.25, 0.3) is 5.56 Å². The number of anilines is 1. The number of aryl methyl sites for hydroxylation is 1. The van der Waals surface area contributed by atoms with Crippen LogP contribution in [0.1, 0.15) is 4.88 Å². The van der Waals surface area contributed by atoms with E-state index in [-0.39, 0.29) is 17.6 Å². The molecule has 0 saturated heterocycles. The Hall–Kier alpha value is -3.59. The minimum atomic E-state index is -0.798.